The maximum absolute atomic E-state index is 10.8. The maximum atomic E-state index is 10.8. The summed E-state index contributed by atoms with van der Waals surface area (Å²) in [4.78, 5) is 4.48. The van der Waals surface area contributed by atoms with Crippen LogP contribution in [0.2, 0.25) is 5.02 Å². The summed E-state index contributed by atoms with van der Waals surface area (Å²) in [7, 11) is 0. The molecule has 0 spiro atoms. The summed E-state index contributed by atoms with van der Waals surface area (Å²) in [5.41, 5.74) is 9.43. The van der Waals surface area contributed by atoms with Gasteiger partial charge in [0.2, 0.25) is 0 Å². The highest BCUT2D eigenvalue weighted by Gasteiger charge is 2.24. The highest BCUT2D eigenvalue weighted by molar-refractivity contribution is 7.17. The number of nitrogens with zero attached hydrogens (tertiary/aromatic N) is 2. The van der Waals surface area contributed by atoms with Gasteiger partial charge in [0.25, 0.3) is 0 Å². The van der Waals surface area contributed by atoms with Gasteiger partial charge in [0, 0.05) is 27.2 Å². The van der Waals surface area contributed by atoms with E-state index in [1.165, 1.54) is 0 Å². The molecule has 1 fully saturated rings. The molecule has 0 aliphatic carbocycles. The van der Waals surface area contributed by atoms with E-state index >= 15 is 0 Å². The number of hydrogen-bond acceptors (Lipinski definition) is 7. The Morgan fingerprint density at radius 3 is 2.97 bits per heavy atom. The highest BCUT2D eigenvalue weighted by Crippen LogP contribution is 2.40. The van der Waals surface area contributed by atoms with Crippen LogP contribution in [-0.4, -0.2) is 23.2 Å². The molecule has 4 aromatic rings. The maximum Gasteiger partial charge on any atom is 0.142 e. The van der Waals surface area contributed by atoms with E-state index in [-0.39, 0.29) is 17.5 Å². The van der Waals surface area contributed by atoms with E-state index in [1.54, 1.807) is 29.5 Å². The molecule has 3 heterocycles. The minimum atomic E-state index is 0.0417. The lowest BCUT2D eigenvalue weighted by Crippen LogP contribution is -2.29. The first kappa shape index (κ1) is 22.5. The molecule has 1 aliphatic heterocycles. The van der Waals surface area contributed by atoms with Crippen molar-refractivity contribution in [3.05, 3.63) is 69.6 Å². The van der Waals surface area contributed by atoms with Crippen LogP contribution in [0, 0.1) is 11.3 Å². The second-order valence-electron chi connectivity index (χ2n) is 8.35. The van der Waals surface area contributed by atoms with Crippen LogP contribution in [0.1, 0.15) is 35.4 Å². The van der Waals surface area contributed by atoms with Crippen molar-refractivity contribution >= 4 is 38.8 Å². The number of aromatic nitrogens is 1. The lowest BCUT2D eigenvalue weighted by Gasteiger charge is -2.25. The van der Waals surface area contributed by atoms with Crippen molar-refractivity contribution in [3.8, 4) is 28.8 Å². The summed E-state index contributed by atoms with van der Waals surface area (Å²) in [6, 6.07) is 15.0. The van der Waals surface area contributed by atoms with Gasteiger partial charge in [-0.25, -0.2) is 4.98 Å². The van der Waals surface area contributed by atoms with Crippen molar-refractivity contribution < 1.29 is 9.84 Å². The number of aromatic hydroxyl groups is 1. The Morgan fingerprint density at radius 2 is 2.18 bits per heavy atom. The van der Waals surface area contributed by atoms with E-state index in [0.29, 0.717) is 34.2 Å². The van der Waals surface area contributed by atoms with Gasteiger partial charge in [0.05, 0.1) is 16.8 Å². The smallest absolute Gasteiger partial charge is 0.142 e. The third-order valence-electron chi connectivity index (χ3n) is 6.19. The van der Waals surface area contributed by atoms with E-state index in [9.17, 15) is 10.4 Å². The average molecular weight is 491 g/mol. The number of benzene rings is 2. The number of nitrogens with two attached hydrogens (primary N) is 1. The summed E-state index contributed by atoms with van der Waals surface area (Å²) in [5.74, 6) is 0.851. The largest absolute Gasteiger partial charge is 0.507 e. The topological polar surface area (TPSA) is 104 Å². The fourth-order valence-corrected chi connectivity index (χ4v) is 5.59. The second kappa shape index (κ2) is 9.51. The Labute approximate surface area is 206 Å². The fourth-order valence-electron chi connectivity index (χ4n) is 4.49. The first-order valence-corrected chi connectivity index (χ1v) is 12.3. The number of nitrogens with one attached hydrogen (secondary N) is 1. The van der Waals surface area contributed by atoms with Crippen molar-refractivity contribution in [2.45, 2.75) is 25.4 Å². The molecular weight excluding hydrogens is 468 g/mol. The predicted octanol–water partition coefficient (Wildman–Crippen LogP) is 5.82. The molecule has 2 aromatic carbocycles. The lowest BCUT2D eigenvalue weighted by atomic mass is 9.88. The number of nitriles is 1. The van der Waals surface area contributed by atoms with Gasteiger partial charge in [-0.3, -0.25) is 0 Å². The molecule has 0 saturated carbocycles. The molecule has 172 valence electrons. The van der Waals surface area contributed by atoms with Crippen LogP contribution in [0.3, 0.4) is 0 Å². The van der Waals surface area contributed by atoms with Crippen molar-refractivity contribution in [1.82, 2.24) is 10.3 Å². The highest BCUT2D eigenvalue weighted by atomic mass is 35.5. The number of hydrogen-bond donors (Lipinski definition) is 3. The molecule has 1 unspecified atom stereocenters. The molecule has 8 heteroatoms. The number of rotatable bonds is 5. The lowest BCUT2D eigenvalue weighted by molar-refractivity contribution is 0.307. The third kappa shape index (κ3) is 4.28. The minimum Gasteiger partial charge on any atom is -0.507 e. The molecule has 5 rings (SSSR count). The van der Waals surface area contributed by atoms with E-state index in [2.05, 4.69) is 21.8 Å². The molecule has 0 radical (unpaired) electrons. The zero-order valence-electron chi connectivity index (χ0n) is 18.3. The van der Waals surface area contributed by atoms with Gasteiger partial charge in [-0.2, -0.15) is 5.26 Å². The number of piperidine rings is 1. The van der Waals surface area contributed by atoms with Crippen LogP contribution < -0.4 is 15.8 Å². The van der Waals surface area contributed by atoms with Gasteiger partial charge in [0.1, 0.15) is 30.0 Å². The van der Waals surface area contributed by atoms with Crippen LogP contribution in [-0.2, 0) is 6.61 Å². The quantitative estimate of drug-likeness (QED) is 0.325. The Balaban J connectivity index is 1.53. The molecule has 34 heavy (non-hydrogen) atoms. The summed E-state index contributed by atoms with van der Waals surface area (Å²) in [6.07, 6.45) is 1.99. The summed E-state index contributed by atoms with van der Waals surface area (Å²) >= 11 is 7.82. The SMILES string of the molecule is N#Cc1c(C2CCCNC2)cc(-c2c(O)cccc2OCc2csc3ccc(Cl)cc23)nc1N. The predicted molar refractivity (Wildman–Crippen MR) is 136 cm³/mol. The summed E-state index contributed by atoms with van der Waals surface area (Å²) in [5, 5.41) is 27.7. The van der Waals surface area contributed by atoms with E-state index < -0.39 is 0 Å². The van der Waals surface area contributed by atoms with Crippen LogP contribution in [0.4, 0.5) is 5.82 Å². The number of ether oxygens (including phenoxy) is 1. The van der Waals surface area contributed by atoms with Crippen molar-refractivity contribution in [3.63, 3.8) is 0 Å². The number of halogens is 1. The zero-order chi connectivity index (χ0) is 23.7. The molecule has 0 amide bonds. The normalized spacial score (nSPS) is 15.8. The first-order chi connectivity index (χ1) is 16.5. The summed E-state index contributed by atoms with van der Waals surface area (Å²) < 4.78 is 7.32. The molecule has 0 bridgehead atoms. The molecule has 1 saturated heterocycles. The zero-order valence-corrected chi connectivity index (χ0v) is 19.9. The Hall–Kier alpha value is -3.31. The average Bonchev–Trinajstić information content (AvgIpc) is 3.24. The van der Waals surface area contributed by atoms with Crippen molar-refractivity contribution in [2.24, 2.45) is 0 Å². The van der Waals surface area contributed by atoms with Crippen LogP contribution in [0.25, 0.3) is 21.3 Å². The Bertz CT molecular complexity index is 1410. The molecule has 1 aliphatic rings. The fraction of sp³-hybridized carbons (Fsp3) is 0.231. The van der Waals surface area contributed by atoms with Gasteiger partial charge < -0.3 is 20.9 Å². The second-order valence-corrected chi connectivity index (χ2v) is 9.70. The molecule has 1 atom stereocenters. The number of fused-ring (bicyclic) bond motifs is 1. The van der Waals surface area contributed by atoms with Crippen LogP contribution in [0.15, 0.2) is 47.8 Å². The van der Waals surface area contributed by atoms with Crippen molar-refractivity contribution in [1.29, 1.82) is 5.26 Å². The first-order valence-electron chi connectivity index (χ1n) is 11.1. The van der Waals surface area contributed by atoms with Gasteiger partial charge >= 0.3 is 0 Å². The van der Waals surface area contributed by atoms with Crippen LogP contribution in [0.5, 0.6) is 11.5 Å². The summed E-state index contributed by atoms with van der Waals surface area (Å²) in [6.45, 7) is 2.04. The van der Waals surface area contributed by atoms with Gasteiger partial charge in [-0.1, -0.05) is 17.7 Å². The number of anilines is 1. The number of nitrogen functional groups attached to an aromatic ring is 1. The van der Waals surface area contributed by atoms with E-state index in [0.717, 1.165) is 47.1 Å². The third-order valence-corrected chi connectivity index (χ3v) is 7.43. The monoisotopic (exact) mass is 490 g/mol. The molecule has 4 N–H and O–H groups in total. The molecule has 6 nitrogen and oxygen atoms in total. The number of thiophene rings is 1. The van der Waals surface area contributed by atoms with E-state index in [4.69, 9.17) is 22.1 Å². The minimum absolute atomic E-state index is 0.0417. The Morgan fingerprint density at radius 1 is 1.29 bits per heavy atom. The number of phenols is 1. The molecular formula is C26H23ClN4O2S. The van der Waals surface area contributed by atoms with Crippen LogP contribution >= 0.6 is 22.9 Å². The van der Waals surface area contributed by atoms with Crippen molar-refractivity contribution in [2.75, 3.05) is 18.8 Å². The Kier molecular flexibility index (Phi) is 6.29. The van der Waals surface area contributed by atoms with Gasteiger partial charge in [-0.15, -0.1) is 11.3 Å². The van der Waals surface area contributed by atoms with E-state index in [1.807, 2.05) is 24.3 Å². The van der Waals surface area contributed by atoms with Gasteiger partial charge in [0.15, 0.2) is 0 Å². The standard InChI is InChI=1S/C26H23ClN4O2S/c27-17-6-7-24-19(9-17)16(14-34-24)13-33-23-5-1-4-22(32)25(23)21-10-18(15-3-2-8-30-12-15)20(11-28)26(29)31-21/h1,4-7,9-10,14-15,30,32H,2-3,8,12-13H2,(H2,29,31). The van der Waals surface area contributed by atoms with Gasteiger partial charge in [-0.05, 0) is 72.6 Å². The number of phenolic OH excluding ortho intramolecular Hbond substituents is 1. The number of pyridine rings is 1. The molecule has 2 aromatic heterocycles.